The highest BCUT2D eigenvalue weighted by Gasteiger charge is 2.04. The lowest BCUT2D eigenvalue weighted by Gasteiger charge is -2.09. The molecular formula is C14H15BrO2S. The third kappa shape index (κ3) is 3.57. The van der Waals surface area contributed by atoms with Gasteiger partial charge in [0.1, 0.15) is 12.4 Å². The third-order valence-corrected chi connectivity index (χ3v) is 4.26. The number of aliphatic hydroxyl groups is 1. The summed E-state index contributed by atoms with van der Waals surface area (Å²) in [5, 5.41) is 9.69. The Morgan fingerprint density at radius 2 is 1.94 bits per heavy atom. The van der Waals surface area contributed by atoms with Crippen LogP contribution in [0.2, 0.25) is 0 Å². The highest BCUT2D eigenvalue weighted by atomic mass is 79.9. The Morgan fingerprint density at radius 3 is 2.50 bits per heavy atom. The molecule has 0 unspecified atom stereocenters. The Labute approximate surface area is 119 Å². The third-order valence-electron chi connectivity index (χ3n) is 2.66. The van der Waals surface area contributed by atoms with E-state index in [1.807, 2.05) is 43.3 Å². The second kappa shape index (κ2) is 6.36. The van der Waals surface area contributed by atoms with E-state index < -0.39 is 0 Å². The van der Waals surface area contributed by atoms with Crippen LogP contribution in [0.25, 0.3) is 0 Å². The van der Waals surface area contributed by atoms with Crippen LogP contribution in [-0.4, -0.2) is 5.11 Å². The molecule has 4 heteroatoms. The molecule has 0 saturated carbocycles. The summed E-state index contributed by atoms with van der Waals surface area (Å²) in [6.07, 6.45) is 0.343. The maximum absolute atomic E-state index is 9.69. The molecule has 2 aromatic rings. The number of aliphatic hydroxyl groups excluding tert-OH is 1. The van der Waals surface area contributed by atoms with Gasteiger partial charge < -0.3 is 9.84 Å². The van der Waals surface area contributed by atoms with Crippen LogP contribution >= 0.6 is 27.3 Å². The number of halogens is 1. The highest BCUT2D eigenvalue weighted by molar-refractivity contribution is 9.11. The van der Waals surface area contributed by atoms with Gasteiger partial charge in [-0.3, -0.25) is 0 Å². The van der Waals surface area contributed by atoms with Crippen LogP contribution in [-0.2, 0) is 6.61 Å². The van der Waals surface area contributed by atoms with E-state index in [0.29, 0.717) is 6.61 Å². The summed E-state index contributed by atoms with van der Waals surface area (Å²) < 4.78 is 6.80. The Balaban J connectivity index is 1.94. The Kier molecular flexibility index (Phi) is 4.80. The van der Waals surface area contributed by atoms with Gasteiger partial charge in [0.2, 0.25) is 0 Å². The summed E-state index contributed by atoms with van der Waals surface area (Å²) in [5.41, 5.74) is 0.934. The lowest BCUT2D eigenvalue weighted by molar-refractivity contribution is 0.173. The van der Waals surface area contributed by atoms with Crippen molar-refractivity contribution in [3.63, 3.8) is 0 Å². The quantitative estimate of drug-likeness (QED) is 0.874. The van der Waals surface area contributed by atoms with Crippen molar-refractivity contribution in [3.05, 3.63) is 50.6 Å². The van der Waals surface area contributed by atoms with E-state index >= 15 is 0 Å². The second-order valence-corrected chi connectivity index (χ2v) is 6.54. The van der Waals surface area contributed by atoms with Gasteiger partial charge in [-0.15, -0.1) is 11.3 Å². The summed E-state index contributed by atoms with van der Waals surface area (Å²) in [6, 6.07) is 11.7. The molecule has 0 radical (unpaired) electrons. The predicted molar refractivity (Wildman–Crippen MR) is 78.0 cm³/mol. The van der Waals surface area contributed by atoms with Gasteiger partial charge in [0.15, 0.2) is 0 Å². The maximum atomic E-state index is 9.69. The van der Waals surface area contributed by atoms with Gasteiger partial charge in [0, 0.05) is 4.88 Å². The average Bonchev–Trinajstić information content (AvgIpc) is 2.82. The molecule has 0 aliphatic rings. The zero-order valence-corrected chi connectivity index (χ0v) is 12.5. The number of hydrogen-bond acceptors (Lipinski definition) is 3. The normalized spacial score (nSPS) is 12.4. The van der Waals surface area contributed by atoms with E-state index in [2.05, 4.69) is 15.9 Å². The molecule has 1 N–H and O–H groups in total. The molecule has 0 fully saturated rings. The molecule has 0 bridgehead atoms. The lowest BCUT2D eigenvalue weighted by atomic mass is 10.1. The van der Waals surface area contributed by atoms with Gasteiger partial charge >= 0.3 is 0 Å². The lowest BCUT2D eigenvalue weighted by Crippen LogP contribution is -1.96. The van der Waals surface area contributed by atoms with Gasteiger partial charge in [-0.25, -0.2) is 0 Å². The second-order valence-electron chi connectivity index (χ2n) is 3.99. The molecule has 0 spiro atoms. The van der Waals surface area contributed by atoms with Crippen molar-refractivity contribution in [2.45, 2.75) is 26.1 Å². The van der Waals surface area contributed by atoms with Crippen LogP contribution in [0.4, 0.5) is 0 Å². The number of rotatable bonds is 5. The Hall–Kier alpha value is -0.840. The van der Waals surface area contributed by atoms with Crippen molar-refractivity contribution in [3.8, 4) is 5.75 Å². The van der Waals surface area contributed by atoms with Crippen LogP contribution in [0.1, 0.15) is 29.9 Å². The van der Waals surface area contributed by atoms with Gasteiger partial charge in [-0.05, 0) is 52.2 Å². The fourth-order valence-electron chi connectivity index (χ4n) is 1.61. The first-order valence-corrected chi connectivity index (χ1v) is 7.45. The molecule has 0 saturated heterocycles. The number of thiophene rings is 1. The van der Waals surface area contributed by atoms with Crippen molar-refractivity contribution >= 4 is 27.3 Å². The van der Waals surface area contributed by atoms with Gasteiger partial charge in [0.25, 0.3) is 0 Å². The Morgan fingerprint density at radius 1 is 1.22 bits per heavy atom. The molecule has 0 aliphatic carbocycles. The molecule has 2 nitrogen and oxygen atoms in total. The van der Waals surface area contributed by atoms with Crippen LogP contribution in [0.3, 0.4) is 0 Å². The molecule has 96 valence electrons. The molecule has 1 aromatic carbocycles. The molecular weight excluding hydrogens is 312 g/mol. The maximum Gasteiger partial charge on any atom is 0.122 e. The molecule has 2 rings (SSSR count). The first kappa shape index (κ1) is 13.6. The number of hydrogen-bond donors (Lipinski definition) is 1. The van der Waals surface area contributed by atoms with E-state index in [1.165, 1.54) is 4.88 Å². The van der Waals surface area contributed by atoms with Crippen molar-refractivity contribution < 1.29 is 9.84 Å². The van der Waals surface area contributed by atoms with Crippen molar-refractivity contribution in [1.82, 2.24) is 0 Å². The van der Waals surface area contributed by atoms with E-state index in [9.17, 15) is 5.11 Å². The topological polar surface area (TPSA) is 29.5 Å². The summed E-state index contributed by atoms with van der Waals surface area (Å²) in [4.78, 5) is 1.18. The Bertz CT molecular complexity index is 493. The standard InChI is InChI=1S/C14H15BrO2S/c1-2-13(16)10-3-5-11(6-4-10)17-9-12-7-8-14(15)18-12/h3-8,13,16H,2,9H2,1H3/t13-/m1/s1. The first-order valence-electron chi connectivity index (χ1n) is 5.84. The molecule has 0 amide bonds. The molecule has 18 heavy (non-hydrogen) atoms. The van der Waals surface area contributed by atoms with Crippen LogP contribution in [0.15, 0.2) is 40.2 Å². The zero-order valence-electron chi connectivity index (χ0n) is 10.1. The summed E-state index contributed by atoms with van der Waals surface area (Å²) >= 11 is 5.10. The van der Waals surface area contributed by atoms with Crippen LogP contribution in [0.5, 0.6) is 5.75 Å². The largest absolute Gasteiger partial charge is 0.488 e. The predicted octanol–water partition coefficient (Wildman–Crippen LogP) is 4.53. The van der Waals surface area contributed by atoms with Crippen molar-refractivity contribution in [2.75, 3.05) is 0 Å². The molecule has 1 aromatic heterocycles. The smallest absolute Gasteiger partial charge is 0.122 e. The fourth-order valence-corrected chi connectivity index (χ4v) is 3.00. The highest BCUT2D eigenvalue weighted by Crippen LogP contribution is 2.24. The van der Waals surface area contributed by atoms with Crippen LogP contribution in [0, 0.1) is 0 Å². The minimum Gasteiger partial charge on any atom is -0.488 e. The monoisotopic (exact) mass is 326 g/mol. The van der Waals surface area contributed by atoms with Gasteiger partial charge in [0.05, 0.1) is 9.89 Å². The minimum absolute atomic E-state index is 0.382. The molecule has 1 atom stereocenters. The van der Waals surface area contributed by atoms with E-state index in [1.54, 1.807) is 11.3 Å². The van der Waals surface area contributed by atoms with E-state index in [-0.39, 0.29) is 6.10 Å². The fraction of sp³-hybridized carbons (Fsp3) is 0.286. The SMILES string of the molecule is CC[C@@H](O)c1ccc(OCc2ccc(Br)s2)cc1. The van der Waals surface area contributed by atoms with Gasteiger partial charge in [-0.1, -0.05) is 19.1 Å². The minimum atomic E-state index is -0.382. The number of benzene rings is 1. The summed E-state index contributed by atoms with van der Waals surface area (Å²) in [5.74, 6) is 0.826. The molecule has 1 heterocycles. The average molecular weight is 327 g/mol. The van der Waals surface area contributed by atoms with Crippen LogP contribution < -0.4 is 4.74 Å². The number of ether oxygens (including phenoxy) is 1. The summed E-state index contributed by atoms with van der Waals surface area (Å²) in [6.45, 7) is 2.54. The summed E-state index contributed by atoms with van der Waals surface area (Å²) in [7, 11) is 0. The van der Waals surface area contributed by atoms with Crippen molar-refractivity contribution in [2.24, 2.45) is 0 Å². The zero-order chi connectivity index (χ0) is 13.0. The van der Waals surface area contributed by atoms with Gasteiger partial charge in [-0.2, -0.15) is 0 Å². The van der Waals surface area contributed by atoms with E-state index in [4.69, 9.17) is 4.74 Å². The first-order chi connectivity index (χ1) is 8.69. The molecule has 0 aliphatic heterocycles. The van der Waals surface area contributed by atoms with Crippen molar-refractivity contribution in [1.29, 1.82) is 0 Å². The van der Waals surface area contributed by atoms with E-state index in [0.717, 1.165) is 21.5 Å².